The second-order valence-corrected chi connectivity index (χ2v) is 2.73. The maximum atomic E-state index is 6.99. The third-order valence-corrected chi connectivity index (χ3v) is 1.41. The van der Waals surface area contributed by atoms with Gasteiger partial charge < -0.3 is 5.32 Å². The molecule has 0 aliphatic carbocycles. The minimum atomic E-state index is 0.0499. The van der Waals surface area contributed by atoms with Gasteiger partial charge in [0, 0.05) is 5.69 Å². The highest BCUT2D eigenvalue weighted by molar-refractivity contribution is 7.80. The van der Waals surface area contributed by atoms with Gasteiger partial charge in [-0.3, -0.25) is 5.73 Å². The van der Waals surface area contributed by atoms with E-state index in [0.29, 0.717) is 0 Å². The van der Waals surface area contributed by atoms with Crippen molar-refractivity contribution in [1.82, 2.24) is 5.73 Å². The molecule has 1 aromatic rings. The minimum Gasteiger partial charge on any atom is -0.331 e. The quantitative estimate of drug-likeness (QED) is 0.646. The number of thiocarbonyl (C=S) groups is 1. The summed E-state index contributed by atoms with van der Waals surface area (Å²) in [6, 6.07) is 7.74. The van der Waals surface area contributed by atoms with E-state index < -0.39 is 0 Å². The number of aryl methyl sites for hydroxylation is 1. The molecule has 1 aromatic carbocycles. The number of anilines is 1. The molecule has 11 heavy (non-hydrogen) atoms. The van der Waals surface area contributed by atoms with Gasteiger partial charge in [-0.25, -0.2) is 0 Å². The first-order valence-electron chi connectivity index (χ1n) is 3.28. The van der Waals surface area contributed by atoms with Crippen LogP contribution in [-0.2, 0) is 0 Å². The first kappa shape index (κ1) is 8.01. The average molecular weight is 165 g/mol. The van der Waals surface area contributed by atoms with Crippen LogP contribution in [-0.4, -0.2) is 5.11 Å². The van der Waals surface area contributed by atoms with Gasteiger partial charge in [0.15, 0.2) is 5.11 Å². The molecular formula is C8H9N2S. The second-order valence-electron chi connectivity index (χ2n) is 2.32. The molecular weight excluding hydrogens is 156 g/mol. The van der Waals surface area contributed by atoms with Crippen molar-refractivity contribution in [2.75, 3.05) is 5.32 Å². The molecule has 1 rings (SSSR count). The van der Waals surface area contributed by atoms with Crippen LogP contribution in [0.1, 0.15) is 5.56 Å². The predicted molar refractivity (Wildman–Crippen MR) is 50.5 cm³/mol. The van der Waals surface area contributed by atoms with Gasteiger partial charge in [-0.15, -0.1) is 0 Å². The van der Waals surface area contributed by atoms with Crippen LogP contribution in [0.3, 0.4) is 0 Å². The number of benzene rings is 1. The van der Waals surface area contributed by atoms with Crippen molar-refractivity contribution in [3.63, 3.8) is 0 Å². The smallest absolute Gasteiger partial charge is 0.189 e. The first-order chi connectivity index (χ1) is 5.18. The van der Waals surface area contributed by atoms with Crippen molar-refractivity contribution in [2.24, 2.45) is 0 Å². The van der Waals surface area contributed by atoms with Gasteiger partial charge in [-0.05, 0) is 31.3 Å². The third-order valence-electron chi connectivity index (χ3n) is 1.31. The lowest BCUT2D eigenvalue weighted by Gasteiger charge is -2.01. The Kier molecular flexibility index (Phi) is 2.44. The van der Waals surface area contributed by atoms with Gasteiger partial charge in [-0.1, -0.05) is 17.7 Å². The van der Waals surface area contributed by atoms with Crippen molar-refractivity contribution >= 4 is 23.0 Å². The van der Waals surface area contributed by atoms with Crippen LogP contribution in [0.2, 0.25) is 0 Å². The van der Waals surface area contributed by atoms with Crippen LogP contribution in [0.25, 0.3) is 0 Å². The molecule has 0 spiro atoms. The summed E-state index contributed by atoms with van der Waals surface area (Å²) in [6.07, 6.45) is 0. The SMILES string of the molecule is Cc1ccc(NC([NH])=S)cc1. The predicted octanol–water partition coefficient (Wildman–Crippen LogP) is 1.97. The molecule has 0 aliphatic heterocycles. The van der Waals surface area contributed by atoms with E-state index in [0.717, 1.165) is 5.69 Å². The Balaban J connectivity index is 2.74. The van der Waals surface area contributed by atoms with Gasteiger partial charge in [0.25, 0.3) is 0 Å². The highest BCUT2D eigenvalue weighted by Gasteiger charge is 1.90. The topological polar surface area (TPSA) is 35.8 Å². The molecule has 0 saturated carbocycles. The number of hydrogen-bond donors (Lipinski definition) is 1. The van der Waals surface area contributed by atoms with E-state index >= 15 is 0 Å². The van der Waals surface area contributed by atoms with Gasteiger partial charge in [0.2, 0.25) is 0 Å². The van der Waals surface area contributed by atoms with E-state index in [9.17, 15) is 0 Å². The largest absolute Gasteiger partial charge is 0.331 e. The Labute approximate surface area is 71.4 Å². The van der Waals surface area contributed by atoms with E-state index in [-0.39, 0.29) is 5.11 Å². The Morgan fingerprint density at radius 2 is 1.91 bits per heavy atom. The lowest BCUT2D eigenvalue weighted by molar-refractivity contribution is 1.46. The Morgan fingerprint density at radius 1 is 1.36 bits per heavy atom. The lowest BCUT2D eigenvalue weighted by atomic mass is 10.2. The Morgan fingerprint density at radius 3 is 2.36 bits per heavy atom. The molecule has 0 saturated heterocycles. The zero-order valence-corrected chi connectivity index (χ0v) is 7.03. The van der Waals surface area contributed by atoms with Crippen molar-refractivity contribution in [2.45, 2.75) is 6.92 Å². The Bertz CT molecular complexity index is 253. The summed E-state index contributed by atoms with van der Waals surface area (Å²) in [6.45, 7) is 2.02. The number of rotatable bonds is 1. The molecule has 0 bridgehead atoms. The average Bonchev–Trinajstić information content (AvgIpc) is 1.93. The molecule has 0 amide bonds. The normalized spacial score (nSPS) is 9.18. The van der Waals surface area contributed by atoms with Crippen LogP contribution in [0.15, 0.2) is 24.3 Å². The van der Waals surface area contributed by atoms with Crippen molar-refractivity contribution in [3.05, 3.63) is 29.8 Å². The van der Waals surface area contributed by atoms with E-state index in [2.05, 4.69) is 17.5 Å². The van der Waals surface area contributed by atoms with Crippen LogP contribution in [0.4, 0.5) is 5.69 Å². The summed E-state index contributed by atoms with van der Waals surface area (Å²) in [7, 11) is 0. The minimum absolute atomic E-state index is 0.0499. The van der Waals surface area contributed by atoms with Crippen LogP contribution in [0, 0.1) is 6.92 Å². The van der Waals surface area contributed by atoms with Gasteiger partial charge in [-0.2, -0.15) is 0 Å². The first-order valence-corrected chi connectivity index (χ1v) is 3.68. The zero-order valence-electron chi connectivity index (χ0n) is 6.22. The zero-order chi connectivity index (χ0) is 8.27. The molecule has 0 heterocycles. The van der Waals surface area contributed by atoms with Gasteiger partial charge in [0.05, 0.1) is 0 Å². The number of hydrogen-bond acceptors (Lipinski definition) is 1. The fraction of sp³-hybridized carbons (Fsp3) is 0.125. The van der Waals surface area contributed by atoms with E-state index in [4.69, 9.17) is 5.73 Å². The van der Waals surface area contributed by atoms with Crippen molar-refractivity contribution in [3.8, 4) is 0 Å². The van der Waals surface area contributed by atoms with Crippen molar-refractivity contribution in [1.29, 1.82) is 0 Å². The molecule has 57 valence electrons. The molecule has 0 unspecified atom stereocenters. The fourth-order valence-corrected chi connectivity index (χ4v) is 0.886. The standard InChI is InChI=1S/C8H9N2S/c1-6-2-4-7(5-3-6)10-8(9)11/h2-5,9H,1H3,(H,10,11). The third kappa shape index (κ3) is 2.55. The molecule has 2 nitrogen and oxygen atoms in total. The molecule has 3 heteroatoms. The summed E-state index contributed by atoms with van der Waals surface area (Å²) >= 11 is 4.57. The maximum Gasteiger partial charge on any atom is 0.189 e. The molecule has 2 N–H and O–H groups in total. The van der Waals surface area contributed by atoms with E-state index in [1.54, 1.807) is 0 Å². The molecule has 0 aliphatic rings. The molecule has 0 fully saturated rings. The molecule has 1 radical (unpaired) electrons. The highest BCUT2D eigenvalue weighted by atomic mass is 32.1. The summed E-state index contributed by atoms with van der Waals surface area (Å²) in [4.78, 5) is 0. The second kappa shape index (κ2) is 3.34. The lowest BCUT2D eigenvalue weighted by Crippen LogP contribution is -2.08. The number of nitrogens with one attached hydrogen (secondary N) is 2. The monoisotopic (exact) mass is 165 g/mol. The summed E-state index contributed by atoms with van der Waals surface area (Å²) in [5.74, 6) is 0. The molecule has 0 atom stereocenters. The van der Waals surface area contributed by atoms with Gasteiger partial charge in [0.1, 0.15) is 0 Å². The summed E-state index contributed by atoms with van der Waals surface area (Å²) in [5.41, 5.74) is 9.06. The van der Waals surface area contributed by atoms with Crippen molar-refractivity contribution < 1.29 is 0 Å². The Hall–Kier alpha value is -1.09. The summed E-state index contributed by atoms with van der Waals surface area (Å²) in [5, 5.41) is 2.78. The van der Waals surface area contributed by atoms with E-state index in [1.807, 2.05) is 31.2 Å². The molecule has 0 aromatic heterocycles. The fourth-order valence-electron chi connectivity index (χ4n) is 0.768. The van der Waals surface area contributed by atoms with Gasteiger partial charge >= 0.3 is 0 Å². The van der Waals surface area contributed by atoms with Crippen LogP contribution in [0.5, 0.6) is 0 Å². The van der Waals surface area contributed by atoms with Crippen LogP contribution >= 0.6 is 12.2 Å². The van der Waals surface area contributed by atoms with E-state index in [1.165, 1.54) is 5.56 Å². The summed E-state index contributed by atoms with van der Waals surface area (Å²) < 4.78 is 0. The highest BCUT2D eigenvalue weighted by Crippen LogP contribution is 2.07. The van der Waals surface area contributed by atoms with Crippen LogP contribution < -0.4 is 11.1 Å². The maximum absolute atomic E-state index is 6.99.